The minimum atomic E-state index is 0.263. The fourth-order valence-corrected chi connectivity index (χ4v) is 2.43. The van der Waals surface area contributed by atoms with Gasteiger partial charge >= 0.3 is 0 Å². The van der Waals surface area contributed by atoms with Crippen LogP contribution in [0.2, 0.25) is 0 Å². The monoisotopic (exact) mass is 222 g/mol. The summed E-state index contributed by atoms with van der Waals surface area (Å²) in [6.45, 7) is 6.60. The molecule has 1 aliphatic carbocycles. The minimum absolute atomic E-state index is 0.263. The first-order valence-electron chi connectivity index (χ1n) is 6.86. The van der Waals surface area contributed by atoms with Gasteiger partial charge in [-0.3, -0.25) is 4.79 Å². The van der Waals surface area contributed by atoms with Crippen LogP contribution in [0.5, 0.6) is 0 Å². The number of carbonyl (C=O) groups excluding carboxylic acids is 1. The van der Waals surface area contributed by atoms with Crippen molar-refractivity contribution in [2.24, 2.45) is 17.8 Å². The number of ketones is 1. The zero-order valence-electron chi connectivity index (χ0n) is 11.0. The van der Waals surface area contributed by atoms with E-state index in [1.165, 1.54) is 25.7 Å². The lowest BCUT2D eigenvalue weighted by Crippen LogP contribution is -2.08. The van der Waals surface area contributed by atoms with Gasteiger partial charge in [-0.15, -0.1) is 0 Å². The van der Waals surface area contributed by atoms with Crippen molar-refractivity contribution in [1.29, 1.82) is 0 Å². The van der Waals surface area contributed by atoms with Crippen molar-refractivity contribution in [2.75, 3.05) is 0 Å². The average molecular weight is 222 g/mol. The molecule has 0 aromatic carbocycles. The summed E-state index contributed by atoms with van der Waals surface area (Å²) in [5.41, 5.74) is 0. The Balaban J connectivity index is 2.27. The van der Waals surface area contributed by atoms with Gasteiger partial charge in [-0.05, 0) is 24.7 Å². The van der Waals surface area contributed by atoms with Gasteiger partial charge < -0.3 is 0 Å². The molecule has 0 aromatic heterocycles. The number of allylic oxidation sites excluding steroid dienone is 2. The molecule has 0 spiro atoms. The molecule has 1 saturated carbocycles. The predicted molar refractivity (Wildman–Crippen MR) is 69.3 cm³/mol. The highest BCUT2D eigenvalue weighted by molar-refractivity contribution is 5.83. The number of unbranched alkanes of at least 4 members (excludes halogenated alkanes) is 2. The molecule has 0 N–H and O–H groups in total. The molecule has 16 heavy (non-hydrogen) atoms. The lowest BCUT2D eigenvalue weighted by Gasteiger charge is -2.10. The van der Waals surface area contributed by atoms with Crippen molar-refractivity contribution in [2.45, 2.75) is 59.3 Å². The van der Waals surface area contributed by atoms with Crippen LogP contribution in [0.4, 0.5) is 0 Å². The van der Waals surface area contributed by atoms with Crippen molar-refractivity contribution >= 4 is 5.78 Å². The van der Waals surface area contributed by atoms with Crippen LogP contribution in [-0.2, 0) is 4.79 Å². The molecule has 3 atom stereocenters. The summed E-state index contributed by atoms with van der Waals surface area (Å²) in [6.07, 6.45) is 11.8. The summed E-state index contributed by atoms with van der Waals surface area (Å²) in [6, 6.07) is 0. The molecule has 92 valence electrons. The van der Waals surface area contributed by atoms with E-state index in [0.717, 1.165) is 12.8 Å². The van der Waals surface area contributed by atoms with Crippen LogP contribution in [0.3, 0.4) is 0 Å². The van der Waals surface area contributed by atoms with Crippen LogP contribution in [0.25, 0.3) is 0 Å². The molecule has 0 amide bonds. The molecule has 1 nitrogen and oxygen atoms in total. The van der Waals surface area contributed by atoms with Crippen LogP contribution < -0.4 is 0 Å². The number of carbonyl (C=O) groups is 1. The van der Waals surface area contributed by atoms with E-state index in [2.05, 4.69) is 32.9 Å². The normalized spacial score (nSPS) is 27.8. The Morgan fingerprint density at radius 1 is 1.44 bits per heavy atom. The molecular formula is C15H26O. The smallest absolute Gasteiger partial charge is 0.136 e. The summed E-state index contributed by atoms with van der Waals surface area (Å²) in [5, 5.41) is 0. The highest BCUT2D eigenvalue weighted by atomic mass is 16.1. The van der Waals surface area contributed by atoms with E-state index in [-0.39, 0.29) is 5.92 Å². The van der Waals surface area contributed by atoms with E-state index in [9.17, 15) is 4.79 Å². The molecule has 0 bridgehead atoms. The molecule has 0 aliphatic heterocycles. The maximum atomic E-state index is 11.4. The topological polar surface area (TPSA) is 17.1 Å². The van der Waals surface area contributed by atoms with Crippen LogP contribution in [0.15, 0.2) is 12.2 Å². The molecule has 0 radical (unpaired) electrons. The van der Waals surface area contributed by atoms with Gasteiger partial charge in [0.05, 0.1) is 0 Å². The third-order valence-electron chi connectivity index (χ3n) is 3.82. The van der Waals surface area contributed by atoms with Crippen molar-refractivity contribution in [3.8, 4) is 0 Å². The molecular weight excluding hydrogens is 196 g/mol. The van der Waals surface area contributed by atoms with Gasteiger partial charge in [-0.25, -0.2) is 0 Å². The van der Waals surface area contributed by atoms with E-state index < -0.39 is 0 Å². The fourth-order valence-electron chi connectivity index (χ4n) is 2.43. The van der Waals surface area contributed by atoms with Crippen LogP contribution in [-0.4, -0.2) is 5.78 Å². The summed E-state index contributed by atoms with van der Waals surface area (Å²) < 4.78 is 0. The van der Waals surface area contributed by atoms with Crippen LogP contribution >= 0.6 is 0 Å². The Bertz CT molecular complexity index is 242. The SMILES string of the molecule is CCCCCC(C)/C=C/[C@H]1CCC(=O)C1C. The summed E-state index contributed by atoms with van der Waals surface area (Å²) in [5.74, 6) is 1.91. The van der Waals surface area contributed by atoms with E-state index in [1.54, 1.807) is 0 Å². The second kappa shape index (κ2) is 6.88. The van der Waals surface area contributed by atoms with Crippen molar-refractivity contribution < 1.29 is 4.79 Å². The largest absolute Gasteiger partial charge is 0.299 e. The zero-order valence-corrected chi connectivity index (χ0v) is 11.0. The van der Waals surface area contributed by atoms with Crippen LogP contribution in [0.1, 0.15) is 59.3 Å². The van der Waals surface area contributed by atoms with Crippen molar-refractivity contribution in [1.82, 2.24) is 0 Å². The molecule has 1 aliphatic rings. The molecule has 0 aromatic rings. The second-order valence-electron chi connectivity index (χ2n) is 5.32. The Morgan fingerprint density at radius 2 is 2.19 bits per heavy atom. The minimum Gasteiger partial charge on any atom is -0.299 e. The standard InChI is InChI=1S/C15H26O/c1-4-5-6-7-12(2)8-9-14-10-11-15(16)13(14)3/h8-9,12-14H,4-7,10-11H2,1-3H3/b9-8+/t12?,13?,14-/m0/s1. The third kappa shape index (κ3) is 4.11. The Hall–Kier alpha value is -0.590. The van der Waals surface area contributed by atoms with Gasteiger partial charge in [-0.1, -0.05) is 52.2 Å². The first-order valence-corrected chi connectivity index (χ1v) is 6.86. The number of hydrogen-bond donors (Lipinski definition) is 0. The van der Waals surface area contributed by atoms with Crippen molar-refractivity contribution in [3.63, 3.8) is 0 Å². The number of rotatable bonds is 6. The van der Waals surface area contributed by atoms with E-state index >= 15 is 0 Å². The summed E-state index contributed by atoms with van der Waals surface area (Å²) in [4.78, 5) is 11.4. The number of Topliss-reactive ketones (excluding diaryl/α,β-unsaturated/α-hetero) is 1. The van der Waals surface area contributed by atoms with Crippen molar-refractivity contribution in [3.05, 3.63) is 12.2 Å². The maximum Gasteiger partial charge on any atom is 0.136 e. The highest BCUT2D eigenvalue weighted by Gasteiger charge is 2.28. The Labute approximate surface area is 100 Å². The predicted octanol–water partition coefficient (Wildman–Crippen LogP) is 4.37. The first kappa shape index (κ1) is 13.5. The molecule has 0 saturated heterocycles. The third-order valence-corrected chi connectivity index (χ3v) is 3.82. The van der Waals surface area contributed by atoms with Gasteiger partial charge in [0.15, 0.2) is 0 Å². The van der Waals surface area contributed by atoms with Gasteiger partial charge in [-0.2, -0.15) is 0 Å². The van der Waals surface area contributed by atoms with E-state index in [0.29, 0.717) is 17.6 Å². The van der Waals surface area contributed by atoms with Gasteiger partial charge in [0, 0.05) is 12.3 Å². The first-order chi connectivity index (χ1) is 7.65. The molecule has 1 rings (SSSR count). The fraction of sp³-hybridized carbons (Fsp3) is 0.800. The molecule has 0 heterocycles. The Morgan fingerprint density at radius 3 is 2.75 bits per heavy atom. The maximum absolute atomic E-state index is 11.4. The van der Waals surface area contributed by atoms with Gasteiger partial charge in [0.25, 0.3) is 0 Å². The zero-order chi connectivity index (χ0) is 12.0. The molecule has 1 heteroatoms. The quantitative estimate of drug-likeness (QED) is 0.481. The Kier molecular flexibility index (Phi) is 5.79. The van der Waals surface area contributed by atoms with E-state index in [4.69, 9.17) is 0 Å². The van der Waals surface area contributed by atoms with Gasteiger partial charge in [0.2, 0.25) is 0 Å². The molecule has 2 unspecified atom stereocenters. The second-order valence-corrected chi connectivity index (χ2v) is 5.32. The molecule has 1 fully saturated rings. The van der Waals surface area contributed by atoms with Gasteiger partial charge in [0.1, 0.15) is 5.78 Å². The summed E-state index contributed by atoms with van der Waals surface area (Å²) in [7, 11) is 0. The average Bonchev–Trinajstić information content (AvgIpc) is 2.58. The lowest BCUT2D eigenvalue weighted by atomic mass is 9.94. The van der Waals surface area contributed by atoms with E-state index in [1.807, 2.05) is 0 Å². The number of hydrogen-bond acceptors (Lipinski definition) is 1. The summed E-state index contributed by atoms with van der Waals surface area (Å²) >= 11 is 0. The van der Waals surface area contributed by atoms with Crippen LogP contribution in [0, 0.1) is 17.8 Å². The lowest BCUT2D eigenvalue weighted by molar-refractivity contribution is -0.120. The highest BCUT2D eigenvalue weighted by Crippen LogP contribution is 2.29.